The molecular formula is C16H17FN4O6S. The van der Waals surface area contributed by atoms with Crippen LogP contribution >= 0.6 is 0 Å². The Hall–Kier alpha value is -3.12. The molecule has 1 aromatic heterocycles. The molecule has 0 spiro atoms. The predicted molar refractivity (Wildman–Crippen MR) is 92.1 cm³/mol. The molecule has 2 rings (SSSR count). The number of nitrogens with zero attached hydrogens (tertiary/aromatic N) is 3. The minimum absolute atomic E-state index is 0.100. The molecular weight excluding hydrogens is 395 g/mol. The zero-order valence-corrected chi connectivity index (χ0v) is 15.8. The summed E-state index contributed by atoms with van der Waals surface area (Å²) in [5.41, 5.74) is 0.520. The van der Waals surface area contributed by atoms with Crippen molar-refractivity contribution in [2.24, 2.45) is 7.05 Å². The molecule has 0 radical (unpaired) electrons. The number of nitrogens with one attached hydrogen (secondary N) is 1. The third kappa shape index (κ3) is 5.44. The number of imidazole rings is 1. The lowest BCUT2D eigenvalue weighted by Gasteiger charge is -2.19. The highest BCUT2D eigenvalue weighted by atomic mass is 32.2. The van der Waals surface area contributed by atoms with E-state index < -0.39 is 44.9 Å². The SMILES string of the molecule is CON(Cc1ccc(F)cc1)C(=O)CC(=O)C(=O)NS(=O)(=O)c1cn(C)cn1. The van der Waals surface area contributed by atoms with Crippen LogP contribution in [0, 0.1) is 5.82 Å². The van der Waals surface area contributed by atoms with Crippen molar-refractivity contribution in [1.29, 1.82) is 0 Å². The summed E-state index contributed by atoms with van der Waals surface area (Å²) in [6.07, 6.45) is 1.43. The average Bonchev–Trinajstić information content (AvgIpc) is 3.08. The van der Waals surface area contributed by atoms with Gasteiger partial charge in [-0.05, 0) is 17.7 Å². The molecule has 0 fully saturated rings. The van der Waals surface area contributed by atoms with Crippen LogP contribution in [0.1, 0.15) is 12.0 Å². The highest BCUT2D eigenvalue weighted by molar-refractivity contribution is 7.90. The minimum atomic E-state index is -4.34. The van der Waals surface area contributed by atoms with Gasteiger partial charge >= 0.3 is 5.91 Å². The summed E-state index contributed by atoms with van der Waals surface area (Å²) in [7, 11) is -1.64. The number of aryl methyl sites for hydroxylation is 1. The molecule has 1 heterocycles. The van der Waals surface area contributed by atoms with Gasteiger partial charge in [-0.15, -0.1) is 0 Å². The van der Waals surface area contributed by atoms with E-state index in [0.29, 0.717) is 5.56 Å². The van der Waals surface area contributed by atoms with Gasteiger partial charge < -0.3 is 4.57 Å². The summed E-state index contributed by atoms with van der Waals surface area (Å²) >= 11 is 0. The maximum Gasteiger partial charge on any atom is 0.301 e. The van der Waals surface area contributed by atoms with Gasteiger partial charge in [0.15, 0.2) is 5.03 Å². The Bertz CT molecular complexity index is 987. The van der Waals surface area contributed by atoms with Crippen molar-refractivity contribution in [2.75, 3.05) is 7.11 Å². The van der Waals surface area contributed by atoms with Crippen molar-refractivity contribution in [2.45, 2.75) is 18.0 Å². The first-order valence-corrected chi connectivity index (χ1v) is 9.27. The smallest absolute Gasteiger partial charge is 0.301 e. The third-order valence-corrected chi connectivity index (χ3v) is 4.70. The number of Topliss-reactive ketones (excluding diaryl/α,β-unsaturated/α-hetero) is 1. The molecule has 2 amide bonds. The van der Waals surface area contributed by atoms with Crippen molar-refractivity contribution in [3.05, 3.63) is 48.2 Å². The summed E-state index contributed by atoms with van der Waals surface area (Å²) in [5.74, 6) is -4.08. The zero-order chi connectivity index (χ0) is 20.9. The maximum absolute atomic E-state index is 12.9. The van der Waals surface area contributed by atoms with E-state index in [9.17, 15) is 27.2 Å². The lowest BCUT2D eigenvalue weighted by Crippen LogP contribution is -2.39. The molecule has 150 valence electrons. The van der Waals surface area contributed by atoms with Crippen LogP contribution in [0.4, 0.5) is 4.39 Å². The quantitative estimate of drug-likeness (QED) is 0.365. The summed E-state index contributed by atoms with van der Waals surface area (Å²) in [6.45, 7) is -0.100. The summed E-state index contributed by atoms with van der Waals surface area (Å²) in [4.78, 5) is 44.4. The number of amides is 2. The van der Waals surface area contributed by atoms with Crippen molar-refractivity contribution in [3.63, 3.8) is 0 Å². The molecule has 0 aliphatic rings. The number of carbonyl (C=O) groups is 3. The fraction of sp³-hybridized carbons (Fsp3) is 0.250. The minimum Gasteiger partial charge on any atom is -0.339 e. The molecule has 0 unspecified atom stereocenters. The number of carbonyl (C=O) groups excluding carboxylic acids is 3. The van der Waals surface area contributed by atoms with Gasteiger partial charge in [0, 0.05) is 13.2 Å². The monoisotopic (exact) mass is 412 g/mol. The van der Waals surface area contributed by atoms with E-state index in [0.717, 1.165) is 11.3 Å². The first-order chi connectivity index (χ1) is 13.1. The van der Waals surface area contributed by atoms with E-state index in [4.69, 9.17) is 4.84 Å². The van der Waals surface area contributed by atoms with Gasteiger partial charge in [-0.3, -0.25) is 19.2 Å². The van der Waals surface area contributed by atoms with Crippen LogP contribution in [0.25, 0.3) is 0 Å². The molecule has 0 aliphatic heterocycles. The number of halogens is 1. The molecule has 0 saturated carbocycles. The molecule has 0 atom stereocenters. The Kier molecular flexibility index (Phi) is 6.59. The van der Waals surface area contributed by atoms with Gasteiger partial charge in [0.05, 0.1) is 26.4 Å². The van der Waals surface area contributed by atoms with Crippen molar-refractivity contribution < 1.29 is 32.0 Å². The van der Waals surface area contributed by atoms with Gasteiger partial charge in [-0.2, -0.15) is 8.42 Å². The fourth-order valence-electron chi connectivity index (χ4n) is 2.07. The van der Waals surface area contributed by atoms with Gasteiger partial charge in [-0.1, -0.05) is 12.1 Å². The van der Waals surface area contributed by atoms with Crippen LogP contribution in [0.3, 0.4) is 0 Å². The molecule has 1 N–H and O–H groups in total. The molecule has 12 heteroatoms. The van der Waals surface area contributed by atoms with Gasteiger partial charge in [-0.25, -0.2) is 19.2 Å². The second-order valence-electron chi connectivity index (χ2n) is 5.65. The third-order valence-electron chi connectivity index (χ3n) is 3.49. The number of hydrogen-bond acceptors (Lipinski definition) is 7. The van der Waals surface area contributed by atoms with Crippen LogP contribution < -0.4 is 4.72 Å². The van der Waals surface area contributed by atoms with Gasteiger partial charge in [0.1, 0.15) is 5.82 Å². The lowest BCUT2D eigenvalue weighted by molar-refractivity contribution is -0.180. The molecule has 1 aromatic carbocycles. The Balaban J connectivity index is 1.98. The first kappa shape index (κ1) is 21.2. The number of aromatic nitrogens is 2. The predicted octanol–water partition coefficient (Wildman–Crippen LogP) is -0.0865. The van der Waals surface area contributed by atoms with Crippen LogP contribution in [0.2, 0.25) is 0 Å². The first-order valence-electron chi connectivity index (χ1n) is 7.79. The normalized spacial score (nSPS) is 11.1. The van der Waals surface area contributed by atoms with Crippen molar-refractivity contribution in [1.82, 2.24) is 19.3 Å². The Morgan fingerprint density at radius 2 is 1.89 bits per heavy atom. The van der Waals surface area contributed by atoms with E-state index in [-0.39, 0.29) is 6.54 Å². The summed E-state index contributed by atoms with van der Waals surface area (Å²) < 4.78 is 39.8. The molecule has 0 saturated heterocycles. The highest BCUT2D eigenvalue weighted by Crippen LogP contribution is 2.09. The molecule has 0 aliphatic carbocycles. The number of benzene rings is 1. The Labute approximate surface area is 159 Å². The van der Waals surface area contributed by atoms with E-state index in [1.54, 1.807) is 4.72 Å². The standard InChI is InChI=1S/C16H17FN4O6S/c1-20-9-14(18-10-20)28(25,26)19-16(24)13(22)7-15(23)21(27-2)8-11-3-5-12(17)6-4-11/h3-6,9-10H,7-8H2,1-2H3,(H,19,24). The van der Waals surface area contributed by atoms with Gasteiger partial charge in [0.2, 0.25) is 5.78 Å². The van der Waals surface area contributed by atoms with Crippen molar-refractivity contribution in [3.8, 4) is 0 Å². The van der Waals surface area contributed by atoms with E-state index in [1.165, 1.54) is 49.3 Å². The number of ketones is 1. The number of rotatable bonds is 8. The zero-order valence-electron chi connectivity index (χ0n) is 15.0. The molecule has 28 heavy (non-hydrogen) atoms. The van der Waals surface area contributed by atoms with Crippen molar-refractivity contribution >= 4 is 27.6 Å². The molecule has 0 bridgehead atoms. The van der Waals surface area contributed by atoms with Crippen LogP contribution in [-0.4, -0.2) is 47.7 Å². The second-order valence-corrected chi connectivity index (χ2v) is 7.28. The molecule has 10 nitrogen and oxygen atoms in total. The largest absolute Gasteiger partial charge is 0.339 e. The maximum atomic E-state index is 12.9. The second kappa shape index (κ2) is 8.71. The van der Waals surface area contributed by atoms with Gasteiger partial charge in [0.25, 0.3) is 15.9 Å². The number of hydrogen-bond donors (Lipinski definition) is 1. The van der Waals surface area contributed by atoms with Crippen LogP contribution in [0.5, 0.6) is 0 Å². The number of sulfonamides is 1. The van der Waals surface area contributed by atoms with E-state index >= 15 is 0 Å². The highest BCUT2D eigenvalue weighted by Gasteiger charge is 2.27. The Morgan fingerprint density at radius 3 is 2.43 bits per heavy atom. The van der Waals surface area contributed by atoms with Crippen LogP contribution in [0.15, 0.2) is 41.8 Å². The summed E-state index contributed by atoms with van der Waals surface area (Å²) in [5, 5.41) is 0.350. The number of hydroxylamine groups is 2. The topological polar surface area (TPSA) is 128 Å². The van der Waals surface area contributed by atoms with E-state index in [2.05, 4.69) is 4.98 Å². The Morgan fingerprint density at radius 1 is 1.25 bits per heavy atom. The average molecular weight is 412 g/mol. The lowest BCUT2D eigenvalue weighted by atomic mass is 10.2. The van der Waals surface area contributed by atoms with Crippen LogP contribution in [-0.2, 0) is 42.8 Å². The molecule has 2 aromatic rings. The van der Waals surface area contributed by atoms with E-state index in [1.807, 2.05) is 0 Å². The summed E-state index contributed by atoms with van der Waals surface area (Å²) in [6, 6.07) is 5.22. The fourth-order valence-corrected chi connectivity index (χ4v) is 3.03.